The topological polar surface area (TPSA) is 358 Å². The molecule has 1 aliphatic heterocycles. The first-order chi connectivity index (χ1) is 44.1. The minimum absolute atomic E-state index is 0.0104. The Morgan fingerprint density at radius 2 is 1.56 bits per heavy atom. The number of carbonyl (C=O) groups excluding carboxylic acids is 6. The number of para-hydroxylation sites is 3. The fourth-order valence-electron chi connectivity index (χ4n) is 9.24. The van der Waals surface area contributed by atoms with Gasteiger partial charge in [-0.2, -0.15) is 13.2 Å². The number of nitrogens with two attached hydrogens (primary N) is 1. The fraction of sp³-hybridized carbons (Fsp3) is 0.426. The van der Waals surface area contributed by atoms with E-state index in [9.17, 15) is 79.4 Å². The van der Waals surface area contributed by atoms with Crippen molar-refractivity contribution >= 4 is 122 Å². The molecule has 0 spiro atoms. The Labute approximate surface area is 564 Å². The second-order valence-corrected chi connectivity index (χ2v) is 28.1. The summed E-state index contributed by atoms with van der Waals surface area (Å²) in [6.45, 7) is 13.3. The molecule has 0 bridgehead atoms. The van der Waals surface area contributed by atoms with E-state index in [2.05, 4.69) is 13.0 Å². The Bertz CT molecular complexity index is 3930. The van der Waals surface area contributed by atoms with E-state index >= 15 is 0 Å². The number of amides is 2. The molecule has 2 amide bonds. The molecular weight excluding hydrogens is 1380 g/mol. The minimum Gasteiger partial charge on any atom is -0.489 e. The summed E-state index contributed by atoms with van der Waals surface area (Å²) >= 11 is 22.9. The highest BCUT2D eigenvalue weighted by Gasteiger charge is 2.40. The Morgan fingerprint density at radius 1 is 0.947 bits per heavy atom. The van der Waals surface area contributed by atoms with E-state index in [1.54, 1.807) is 30.8 Å². The maximum Gasteiger partial charge on any atom is 0.431 e. The highest BCUT2D eigenvalue weighted by molar-refractivity contribution is 7.90. The number of Topliss-reactive ketones (excluding diaryl/α,β-unsaturated/α-hetero) is 3. The maximum atomic E-state index is 12.9. The van der Waals surface area contributed by atoms with Crippen LogP contribution in [0.3, 0.4) is 0 Å². The van der Waals surface area contributed by atoms with Crippen LogP contribution in [0.25, 0.3) is 5.69 Å². The lowest BCUT2D eigenvalue weighted by molar-refractivity contribution is -0.385. The van der Waals surface area contributed by atoms with Crippen LogP contribution < -0.4 is 31.5 Å². The number of anilines is 2. The predicted molar refractivity (Wildman–Crippen MR) is 351 cm³/mol. The molecule has 2 aliphatic rings. The molecule has 4 aromatic carbocycles. The molecule has 1 aliphatic carbocycles. The molecule has 95 heavy (non-hydrogen) atoms. The van der Waals surface area contributed by atoms with E-state index in [0.29, 0.717) is 40.6 Å². The van der Waals surface area contributed by atoms with Gasteiger partial charge in [0.1, 0.15) is 35.9 Å². The number of carboxylic acid groups (broad SMARTS) is 1. The number of rotatable bonds is 18. The number of benzene rings is 4. The van der Waals surface area contributed by atoms with Crippen LogP contribution in [0, 0.1) is 23.0 Å². The molecule has 0 radical (unpaired) electrons. The SMILES string of the molecule is CC(C)OC(=O)c1cc(-n2c(=O)cc(C(F)(F)F)n(C)c2=O)ccc1Cl.CC1COc2ccccc2N1C(=O)C(Cl)Cl.CCc1cccc(C)c1N(C(=O)CCl)C(C)COC.CP(=O)(O)CCC(N)C(=O)O.CS(=O)(=O)c1ccc(C(=O)C2C(=O)CCCC2=O)c([N+](=O)[O-])c1. The lowest BCUT2D eigenvalue weighted by atomic mass is 9.81. The van der Waals surface area contributed by atoms with E-state index < -0.39 is 109 Å². The highest BCUT2D eigenvalue weighted by atomic mass is 35.5. The number of halogens is 7. The molecule has 1 aromatic heterocycles. The number of hydrogen-bond donors (Lipinski definition) is 3. The number of nitro benzene ring substituents is 1. The number of ketones is 3. The van der Waals surface area contributed by atoms with Gasteiger partial charge in [-0.05, 0) is 107 Å². The molecule has 4 N–H and O–H groups in total. The number of aryl methyl sites for hydroxylation is 2. The third-order valence-electron chi connectivity index (χ3n) is 13.8. The van der Waals surface area contributed by atoms with Crippen LogP contribution >= 0.6 is 53.8 Å². The van der Waals surface area contributed by atoms with Crippen molar-refractivity contribution in [3.63, 3.8) is 0 Å². The van der Waals surface area contributed by atoms with Crippen LogP contribution in [0.2, 0.25) is 5.02 Å². The number of esters is 1. The largest absolute Gasteiger partial charge is 0.489 e. The third kappa shape index (κ3) is 23.2. The molecule has 2 heterocycles. The quantitative estimate of drug-likeness (QED) is 0.0140. The first-order valence-electron chi connectivity index (χ1n) is 28.6. The van der Waals surface area contributed by atoms with Crippen LogP contribution in [0.1, 0.15) is 97.8 Å². The Kier molecular flexibility index (Phi) is 31.1. The molecule has 1 saturated carbocycles. The number of methoxy groups -OCH3 is 1. The number of alkyl halides is 6. The molecule has 1 fully saturated rings. The summed E-state index contributed by atoms with van der Waals surface area (Å²) in [6.07, 6.45) is -3.06. The van der Waals surface area contributed by atoms with Crippen molar-refractivity contribution in [2.45, 2.75) is 114 Å². The fourth-order valence-corrected chi connectivity index (χ4v) is 11.2. The first-order valence-corrected chi connectivity index (χ1v) is 34.6. The number of nitrogens with zero attached hydrogens (tertiary/aromatic N) is 5. The van der Waals surface area contributed by atoms with E-state index in [0.717, 1.165) is 66.5 Å². The molecule has 25 nitrogen and oxygen atoms in total. The van der Waals surface area contributed by atoms with Crippen molar-refractivity contribution in [3.8, 4) is 11.4 Å². The van der Waals surface area contributed by atoms with Crippen LogP contribution in [0.5, 0.6) is 5.75 Å². The van der Waals surface area contributed by atoms with Crippen molar-refractivity contribution in [2.75, 3.05) is 55.1 Å². The monoisotopic (exact) mass is 1450 g/mol. The van der Waals surface area contributed by atoms with Gasteiger partial charge < -0.3 is 39.7 Å². The van der Waals surface area contributed by atoms with Gasteiger partial charge in [0.25, 0.3) is 17.2 Å². The number of hydrogen-bond acceptors (Lipinski definition) is 18. The Hall–Kier alpha value is -7.34. The lowest BCUT2D eigenvalue weighted by Gasteiger charge is -2.35. The summed E-state index contributed by atoms with van der Waals surface area (Å²) in [7, 11) is -4.27. The van der Waals surface area contributed by atoms with Crippen molar-refractivity contribution in [2.24, 2.45) is 18.7 Å². The van der Waals surface area contributed by atoms with Crippen LogP contribution in [-0.2, 0) is 67.5 Å². The van der Waals surface area contributed by atoms with Gasteiger partial charge in [-0.15, -0.1) is 11.6 Å². The van der Waals surface area contributed by atoms with Gasteiger partial charge in [-0.25, -0.2) is 22.6 Å². The molecular formula is C61H72Cl4F3N6O19PS. The van der Waals surface area contributed by atoms with Gasteiger partial charge in [0.2, 0.25) is 5.91 Å². The van der Waals surface area contributed by atoms with Crippen molar-refractivity contribution in [1.82, 2.24) is 9.13 Å². The smallest absolute Gasteiger partial charge is 0.431 e. The van der Waals surface area contributed by atoms with Crippen LogP contribution in [0.4, 0.5) is 30.2 Å². The zero-order valence-electron chi connectivity index (χ0n) is 53.1. The second-order valence-electron chi connectivity index (χ2n) is 21.7. The number of fused-ring (bicyclic) bond motifs is 1. The van der Waals surface area contributed by atoms with Crippen molar-refractivity contribution in [1.29, 1.82) is 0 Å². The summed E-state index contributed by atoms with van der Waals surface area (Å²) in [5, 5.41) is 19.4. The third-order valence-corrected chi connectivity index (χ3v) is 16.9. The zero-order valence-corrected chi connectivity index (χ0v) is 57.8. The Morgan fingerprint density at radius 3 is 2.07 bits per heavy atom. The summed E-state index contributed by atoms with van der Waals surface area (Å²) in [5.41, 5.74) is 3.85. The molecule has 520 valence electrons. The zero-order chi connectivity index (χ0) is 72.4. The summed E-state index contributed by atoms with van der Waals surface area (Å²) in [5.74, 6) is -5.28. The van der Waals surface area contributed by atoms with E-state index in [4.69, 9.17) is 76.3 Å². The van der Waals surface area contributed by atoms with Gasteiger partial charge in [-0.1, -0.05) is 72.1 Å². The average molecular weight is 1460 g/mol. The van der Waals surface area contributed by atoms with Gasteiger partial charge in [0, 0.05) is 58.2 Å². The molecule has 5 aromatic rings. The normalized spacial score (nSPS) is 15.0. The first kappa shape index (κ1) is 81.9. The van der Waals surface area contributed by atoms with E-state index in [1.807, 2.05) is 57.2 Å². The van der Waals surface area contributed by atoms with Crippen LogP contribution in [0.15, 0.2) is 99.4 Å². The Balaban J connectivity index is 0.000000317. The van der Waals surface area contributed by atoms with Crippen molar-refractivity contribution in [3.05, 3.63) is 149 Å². The number of carbonyl (C=O) groups is 7. The number of ether oxygens (including phenoxy) is 3. The highest BCUT2D eigenvalue weighted by Crippen LogP contribution is 2.37. The number of sulfone groups is 1. The number of aliphatic carboxylic acids is 1. The van der Waals surface area contributed by atoms with Gasteiger partial charge >= 0.3 is 23.8 Å². The molecule has 7 rings (SSSR count). The molecule has 0 saturated heterocycles. The maximum absolute atomic E-state index is 12.9. The summed E-state index contributed by atoms with van der Waals surface area (Å²) in [6, 6.07) is 19.0. The summed E-state index contributed by atoms with van der Waals surface area (Å²) in [4.78, 5) is 128. The minimum atomic E-state index is -4.86. The van der Waals surface area contributed by atoms with Gasteiger partial charge in [0.15, 0.2) is 39.4 Å². The lowest BCUT2D eigenvalue weighted by Crippen LogP contribution is -2.47. The second kappa shape index (κ2) is 36.1. The summed E-state index contributed by atoms with van der Waals surface area (Å²) < 4.78 is 88.8. The van der Waals surface area contributed by atoms with E-state index in [-0.39, 0.29) is 76.4 Å². The number of carboxylic acids is 1. The average Bonchev–Trinajstić information content (AvgIpc) is 0.796. The van der Waals surface area contributed by atoms with Gasteiger partial charge in [0.05, 0.1) is 67.8 Å². The molecule has 34 heteroatoms. The predicted octanol–water partition coefficient (Wildman–Crippen LogP) is 9.35. The van der Waals surface area contributed by atoms with Gasteiger partial charge in [-0.3, -0.25) is 52.8 Å². The van der Waals surface area contributed by atoms with Crippen LogP contribution in [-0.4, -0.2) is 148 Å². The van der Waals surface area contributed by atoms with Crippen molar-refractivity contribution < 1.29 is 88.8 Å². The molecule has 4 unspecified atom stereocenters. The number of nitro groups is 1. The standard InChI is InChI=1S/C16H14ClF3N2O4.C15H22ClNO2.C14H13NO7S.C11H11Cl2NO2.C5H12NO4P/c1-8(2)26-14(24)10-6-9(4-5-11(10)17)22-13(23)7-12(16(18,19)20)21(3)15(22)25;1-5-13-8-6-7-11(2)15(13)17(14(18)9-16)12(3)10-19-4;1-23(21,22)8-5-6-9(10(7-8)15(19)20)14(18)13-11(16)3-2-4-12(13)17;1-7-6-16-9-5-3-2-4-8(9)14(7)11(15)10(12)13;1-11(9,10)3-2-4(6)5(7)8/h4-8H,1-3H3;6-8,12H,5,9-10H2,1-4H3;5-7,13H,2-4H2,1H3;2-5,7,10H,6H2,1H3;4H,2-3,6H2,1H3,(H,7,8)(H,9,10). The van der Waals surface area contributed by atoms with E-state index in [1.165, 1.54) is 18.8 Å². The molecule has 4 atom stereocenters. The number of aromatic nitrogens is 2.